The monoisotopic (exact) mass is 359 g/mol. The van der Waals surface area contributed by atoms with Crippen LogP contribution in [-0.2, 0) is 11.2 Å². The van der Waals surface area contributed by atoms with Crippen molar-refractivity contribution in [1.82, 2.24) is 19.8 Å². The Kier molecular flexibility index (Phi) is 5.80. The van der Waals surface area contributed by atoms with E-state index in [2.05, 4.69) is 35.7 Å². The van der Waals surface area contributed by atoms with Crippen molar-refractivity contribution in [2.24, 2.45) is 0 Å². The lowest BCUT2D eigenvalue weighted by atomic mass is 9.86. The number of likely N-dealkylation sites (N-methyl/N-ethyl adjacent to an activating group) is 1. The van der Waals surface area contributed by atoms with Crippen molar-refractivity contribution in [3.05, 3.63) is 17.6 Å². The fraction of sp³-hybridized carbons (Fsp3) is 0.750. The first kappa shape index (κ1) is 19.1. The van der Waals surface area contributed by atoms with Crippen molar-refractivity contribution < 1.29 is 4.79 Å². The van der Waals surface area contributed by atoms with Gasteiger partial charge >= 0.3 is 0 Å². The quantitative estimate of drug-likeness (QED) is 0.825. The van der Waals surface area contributed by atoms with Crippen LogP contribution in [0.15, 0.2) is 6.20 Å². The molecule has 1 unspecified atom stereocenters. The molecule has 0 radical (unpaired) electrons. The van der Waals surface area contributed by atoms with Gasteiger partial charge in [0.2, 0.25) is 5.91 Å². The summed E-state index contributed by atoms with van der Waals surface area (Å²) in [7, 11) is 2.22. The second kappa shape index (κ2) is 7.91. The molecule has 1 aromatic rings. The zero-order chi connectivity index (χ0) is 18.7. The Morgan fingerprint density at radius 2 is 2.00 bits per heavy atom. The van der Waals surface area contributed by atoms with E-state index < -0.39 is 0 Å². The predicted molar refractivity (Wildman–Crippen MR) is 104 cm³/mol. The molecule has 6 heteroatoms. The summed E-state index contributed by atoms with van der Waals surface area (Å²) in [4.78, 5) is 28.6. The summed E-state index contributed by atoms with van der Waals surface area (Å²) in [6, 6.07) is 0. The first-order valence-corrected chi connectivity index (χ1v) is 10.1. The Balaban J connectivity index is 1.87. The molecule has 0 aromatic carbocycles. The number of hydrogen-bond donors (Lipinski definition) is 0. The van der Waals surface area contributed by atoms with Crippen molar-refractivity contribution in [2.75, 3.05) is 44.7 Å². The SMILES string of the molecule is CCCc1cnc(C)nc1N1CCN(C)C2(CCC(=O)N(CC)CC2)C1. The molecule has 2 fully saturated rings. The largest absolute Gasteiger partial charge is 0.353 e. The van der Waals surface area contributed by atoms with Gasteiger partial charge in [0.25, 0.3) is 0 Å². The normalized spacial score (nSPS) is 25.0. The summed E-state index contributed by atoms with van der Waals surface area (Å²) in [6.07, 6.45) is 6.73. The number of hydrogen-bond acceptors (Lipinski definition) is 5. The van der Waals surface area contributed by atoms with Crippen LogP contribution in [0.1, 0.15) is 50.9 Å². The summed E-state index contributed by atoms with van der Waals surface area (Å²) in [6.45, 7) is 10.9. The van der Waals surface area contributed by atoms with E-state index >= 15 is 0 Å². The van der Waals surface area contributed by atoms with E-state index in [1.807, 2.05) is 18.0 Å². The smallest absolute Gasteiger partial charge is 0.222 e. The molecule has 144 valence electrons. The van der Waals surface area contributed by atoms with E-state index in [-0.39, 0.29) is 5.54 Å². The van der Waals surface area contributed by atoms with E-state index in [1.165, 1.54) is 5.56 Å². The lowest BCUT2D eigenvalue weighted by Crippen LogP contribution is -2.61. The first-order chi connectivity index (χ1) is 12.5. The third-order valence-electron chi connectivity index (χ3n) is 6.17. The zero-order valence-electron chi connectivity index (χ0n) is 16.8. The van der Waals surface area contributed by atoms with Gasteiger partial charge in [-0.1, -0.05) is 13.3 Å². The van der Waals surface area contributed by atoms with Crippen molar-refractivity contribution >= 4 is 11.7 Å². The van der Waals surface area contributed by atoms with Gasteiger partial charge in [-0.15, -0.1) is 0 Å². The number of likely N-dealkylation sites (tertiary alicyclic amines) is 1. The Hall–Kier alpha value is -1.69. The average Bonchev–Trinajstić information content (AvgIpc) is 2.79. The van der Waals surface area contributed by atoms with Gasteiger partial charge in [0.15, 0.2) is 0 Å². The Morgan fingerprint density at radius 1 is 1.19 bits per heavy atom. The van der Waals surface area contributed by atoms with Gasteiger partial charge in [0.05, 0.1) is 0 Å². The fourth-order valence-corrected chi connectivity index (χ4v) is 4.41. The maximum atomic E-state index is 12.4. The molecule has 1 spiro atoms. The third-order valence-corrected chi connectivity index (χ3v) is 6.17. The molecule has 0 N–H and O–H groups in total. The molecule has 3 rings (SSSR count). The molecule has 2 aliphatic heterocycles. The molecule has 26 heavy (non-hydrogen) atoms. The molecular formula is C20H33N5O. The second-order valence-electron chi connectivity index (χ2n) is 7.81. The second-order valence-corrected chi connectivity index (χ2v) is 7.81. The first-order valence-electron chi connectivity index (χ1n) is 10.1. The van der Waals surface area contributed by atoms with Gasteiger partial charge in [-0.2, -0.15) is 0 Å². The number of carbonyl (C=O) groups is 1. The molecule has 0 saturated carbocycles. The number of carbonyl (C=O) groups excluding carboxylic acids is 1. The standard InChI is InChI=1S/C20H33N5O/c1-5-7-17-14-21-16(3)22-19(17)25-13-12-23(4)20(15-25)9-8-18(26)24(6-2)11-10-20/h14H,5-13,15H2,1-4H3. The number of anilines is 1. The fourth-order valence-electron chi connectivity index (χ4n) is 4.41. The van der Waals surface area contributed by atoms with E-state index in [0.717, 1.165) is 70.0 Å². The van der Waals surface area contributed by atoms with E-state index in [0.29, 0.717) is 12.3 Å². The van der Waals surface area contributed by atoms with Gasteiger partial charge in [-0.3, -0.25) is 9.69 Å². The topological polar surface area (TPSA) is 52.6 Å². The van der Waals surface area contributed by atoms with Crippen LogP contribution in [0.4, 0.5) is 5.82 Å². The Labute approximate surface area is 157 Å². The van der Waals surface area contributed by atoms with Gasteiger partial charge < -0.3 is 9.80 Å². The summed E-state index contributed by atoms with van der Waals surface area (Å²) < 4.78 is 0. The molecule has 2 saturated heterocycles. The minimum absolute atomic E-state index is 0.0557. The molecule has 1 aromatic heterocycles. The number of aryl methyl sites for hydroxylation is 2. The molecular weight excluding hydrogens is 326 g/mol. The summed E-state index contributed by atoms with van der Waals surface area (Å²) in [5, 5.41) is 0. The minimum atomic E-state index is 0.0557. The lowest BCUT2D eigenvalue weighted by Gasteiger charge is -2.50. The van der Waals surface area contributed by atoms with Crippen LogP contribution in [0, 0.1) is 6.92 Å². The number of amides is 1. The molecule has 6 nitrogen and oxygen atoms in total. The average molecular weight is 360 g/mol. The molecule has 2 aliphatic rings. The van der Waals surface area contributed by atoms with Gasteiger partial charge in [-0.25, -0.2) is 9.97 Å². The van der Waals surface area contributed by atoms with Crippen LogP contribution in [-0.4, -0.2) is 71.0 Å². The molecule has 1 amide bonds. The molecule has 0 bridgehead atoms. The molecule has 0 aliphatic carbocycles. The third kappa shape index (κ3) is 3.70. The maximum absolute atomic E-state index is 12.4. The van der Waals surface area contributed by atoms with Crippen LogP contribution < -0.4 is 4.90 Å². The highest BCUT2D eigenvalue weighted by Crippen LogP contribution is 2.34. The van der Waals surface area contributed by atoms with Crippen LogP contribution >= 0.6 is 0 Å². The summed E-state index contributed by atoms with van der Waals surface area (Å²) in [5.41, 5.74) is 1.30. The zero-order valence-corrected chi connectivity index (χ0v) is 16.8. The van der Waals surface area contributed by atoms with Gasteiger partial charge in [0.1, 0.15) is 11.6 Å². The van der Waals surface area contributed by atoms with Crippen LogP contribution in [0.3, 0.4) is 0 Å². The highest BCUT2D eigenvalue weighted by atomic mass is 16.2. The number of piperazine rings is 1. The lowest BCUT2D eigenvalue weighted by molar-refractivity contribution is -0.130. The van der Waals surface area contributed by atoms with Crippen molar-refractivity contribution in [3.63, 3.8) is 0 Å². The van der Waals surface area contributed by atoms with Crippen molar-refractivity contribution in [1.29, 1.82) is 0 Å². The van der Waals surface area contributed by atoms with Crippen LogP contribution in [0.2, 0.25) is 0 Å². The maximum Gasteiger partial charge on any atom is 0.222 e. The summed E-state index contributed by atoms with van der Waals surface area (Å²) >= 11 is 0. The van der Waals surface area contributed by atoms with Gasteiger partial charge in [0, 0.05) is 56.4 Å². The van der Waals surface area contributed by atoms with Crippen molar-refractivity contribution in [3.8, 4) is 0 Å². The minimum Gasteiger partial charge on any atom is -0.353 e. The van der Waals surface area contributed by atoms with Crippen molar-refractivity contribution in [2.45, 2.75) is 58.4 Å². The summed E-state index contributed by atoms with van der Waals surface area (Å²) in [5.74, 6) is 2.25. The predicted octanol–water partition coefficient (Wildman–Crippen LogP) is 2.26. The highest BCUT2D eigenvalue weighted by molar-refractivity contribution is 5.76. The van der Waals surface area contributed by atoms with Crippen LogP contribution in [0.25, 0.3) is 0 Å². The van der Waals surface area contributed by atoms with E-state index in [1.54, 1.807) is 0 Å². The molecule has 3 heterocycles. The molecule has 1 atom stereocenters. The van der Waals surface area contributed by atoms with E-state index in [4.69, 9.17) is 4.98 Å². The Bertz CT molecular complexity index is 649. The van der Waals surface area contributed by atoms with E-state index in [9.17, 15) is 4.79 Å². The number of rotatable bonds is 4. The highest BCUT2D eigenvalue weighted by Gasteiger charge is 2.42. The van der Waals surface area contributed by atoms with Crippen LogP contribution in [0.5, 0.6) is 0 Å². The number of nitrogens with zero attached hydrogens (tertiary/aromatic N) is 5. The number of aromatic nitrogens is 2. The van der Waals surface area contributed by atoms with Gasteiger partial charge in [-0.05, 0) is 40.2 Å². The Morgan fingerprint density at radius 3 is 2.73 bits per heavy atom.